The number of hydrogen-bond donors (Lipinski definition) is 1. The predicted molar refractivity (Wildman–Crippen MR) is 70.6 cm³/mol. The molecule has 1 saturated heterocycles. The number of hydrogen-bond acceptors (Lipinski definition) is 5. The molecule has 1 aliphatic heterocycles. The number of primary amides is 1. The highest BCUT2D eigenvalue weighted by atomic mass is 19.2. The van der Waals surface area contributed by atoms with Gasteiger partial charge in [-0.2, -0.15) is 0 Å². The number of rotatable bonds is 2. The van der Waals surface area contributed by atoms with Gasteiger partial charge in [0.1, 0.15) is 11.9 Å². The van der Waals surface area contributed by atoms with Crippen molar-refractivity contribution in [2.75, 3.05) is 24.7 Å². The lowest BCUT2D eigenvalue weighted by molar-refractivity contribution is -0.121. The predicted octanol–water partition coefficient (Wildman–Crippen LogP) is 0.598. The van der Waals surface area contributed by atoms with E-state index in [0.717, 1.165) is 12.1 Å². The molecule has 0 bridgehead atoms. The fourth-order valence-electron chi connectivity index (χ4n) is 2.25. The third kappa shape index (κ3) is 2.49. The zero-order valence-electron chi connectivity index (χ0n) is 10.9. The van der Waals surface area contributed by atoms with Crippen LogP contribution in [-0.2, 0) is 9.53 Å². The van der Waals surface area contributed by atoms with Gasteiger partial charge in [0.05, 0.1) is 30.4 Å². The molecule has 1 atom stereocenters. The highest BCUT2D eigenvalue weighted by Crippen LogP contribution is 2.21. The minimum atomic E-state index is -0.998. The zero-order valence-corrected chi connectivity index (χ0v) is 10.9. The van der Waals surface area contributed by atoms with Crippen LogP contribution >= 0.6 is 0 Å². The molecule has 0 aliphatic carbocycles. The van der Waals surface area contributed by atoms with Crippen molar-refractivity contribution in [2.45, 2.75) is 6.04 Å². The first-order chi connectivity index (χ1) is 10.1. The van der Waals surface area contributed by atoms with Gasteiger partial charge in [-0.05, 0) is 0 Å². The van der Waals surface area contributed by atoms with Gasteiger partial charge < -0.3 is 15.4 Å². The molecule has 6 nitrogen and oxygen atoms in total. The Labute approximate surface area is 118 Å². The number of carbonyl (C=O) groups excluding carboxylic acids is 1. The van der Waals surface area contributed by atoms with E-state index in [1.165, 1.54) is 6.20 Å². The minimum Gasteiger partial charge on any atom is -0.377 e. The van der Waals surface area contributed by atoms with Gasteiger partial charge >= 0.3 is 0 Å². The van der Waals surface area contributed by atoms with Crippen LogP contribution in [0.3, 0.4) is 0 Å². The molecule has 2 heterocycles. The number of fused-ring (bicyclic) bond motifs is 1. The van der Waals surface area contributed by atoms with Crippen molar-refractivity contribution in [3.05, 3.63) is 30.0 Å². The molecule has 0 unspecified atom stereocenters. The Morgan fingerprint density at radius 1 is 1.33 bits per heavy atom. The summed E-state index contributed by atoms with van der Waals surface area (Å²) in [6.45, 7) is 0.992. The van der Waals surface area contributed by atoms with Gasteiger partial charge in [-0.3, -0.25) is 9.78 Å². The monoisotopic (exact) mass is 294 g/mol. The van der Waals surface area contributed by atoms with Gasteiger partial charge in [-0.1, -0.05) is 0 Å². The highest BCUT2D eigenvalue weighted by Gasteiger charge is 2.29. The van der Waals surface area contributed by atoms with E-state index >= 15 is 0 Å². The van der Waals surface area contributed by atoms with Gasteiger partial charge in [-0.25, -0.2) is 13.8 Å². The summed E-state index contributed by atoms with van der Waals surface area (Å²) >= 11 is 0. The van der Waals surface area contributed by atoms with Crippen molar-refractivity contribution in [3.8, 4) is 0 Å². The van der Waals surface area contributed by atoms with Crippen molar-refractivity contribution < 1.29 is 18.3 Å². The quantitative estimate of drug-likeness (QED) is 0.877. The molecule has 21 heavy (non-hydrogen) atoms. The van der Waals surface area contributed by atoms with E-state index in [1.54, 1.807) is 4.90 Å². The molecule has 1 aliphatic rings. The summed E-state index contributed by atoms with van der Waals surface area (Å²) < 4.78 is 31.6. The standard InChI is InChI=1S/C13H12F2N4O2/c14-7-3-9-10(4-8(7)15)18-12(5-17-9)19-1-2-21-6-11(19)13(16)20/h3-5,11H,1-2,6H2,(H2,16,20)/t11-/m0/s1. The molecular formula is C13H12F2N4O2. The van der Waals surface area contributed by atoms with Crippen molar-refractivity contribution in [1.82, 2.24) is 9.97 Å². The maximum Gasteiger partial charge on any atom is 0.242 e. The topological polar surface area (TPSA) is 81.3 Å². The van der Waals surface area contributed by atoms with Crippen molar-refractivity contribution >= 4 is 22.8 Å². The molecule has 1 fully saturated rings. The van der Waals surface area contributed by atoms with E-state index in [-0.39, 0.29) is 17.6 Å². The first-order valence-electron chi connectivity index (χ1n) is 6.32. The van der Waals surface area contributed by atoms with Crippen LogP contribution in [-0.4, -0.2) is 41.7 Å². The molecule has 0 saturated carbocycles. The Hall–Kier alpha value is -2.35. The fourth-order valence-corrected chi connectivity index (χ4v) is 2.25. The smallest absolute Gasteiger partial charge is 0.242 e. The fraction of sp³-hybridized carbons (Fsp3) is 0.308. The van der Waals surface area contributed by atoms with Crippen LogP contribution in [0, 0.1) is 11.6 Å². The molecule has 8 heteroatoms. The van der Waals surface area contributed by atoms with Crippen LogP contribution in [0.4, 0.5) is 14.6 Å². The number of halogens is 2. The van der Waals surface area contributed by atoms with Crippen LogP contribution < -0.4 is 10.6 Å². The molecule has 2 aromatic rings. The second-order valence-corrected chi connectivity index (χ2v) is 4.67. The largest absolute Gasteiger partial charge is 0.377 e. The minimum absolute atomic E-state index is 0.160. The highest BCUT2D eigenvalue weighted by molar-refractivity contribution is 5.84. The van der Waals surface area contributed by atoms with Gasteiger partial charge in [0.15, 0.2) is 11.6 Å². The van der Waals surface area contributed by atoms with Gasteiger partial charge in [0.2, 0.25) is 5.91 Å². The van der Waals surface area contributed by atoms with E-state index < -0.39 is 23.6 Å². The molecule has 0 spiro atoms. The van der Waals surface area contributed by atoms with E-state index in [2.05, 4.69) is 9.97 Å². The normalized spacial score (nSPS) is 19.0. The Bertz CT molecular complexity index is 710. The summed E-state index contributed by atoms with van der Waals surface area (Å²) in [4.78, 5) is 21.4. The SMILES string of the molecule is NC(=O)[C@@H]1COCCN1c1cnc2cc(F)c(F)cc2n1. The van der Waals surface area contributed by atoms with Crippen molar-refractivity contribution in [2.24, 2.45) is 5.73 Å². The summed E-state index contributed by atoms with van der Waals surface area (Å²) in [5, 5.41) is 0. The summed E-state index contributed by atoms with van der Waals surface area (Å²) in [6, 6.07) is 1.29. The lowest BCUT2D eigenvalue weighted by Gasteiger charge is -2.34. The number of amides is 1. The number of nitrogens with zero attached hydrogens (tertiary/aromatic N) is 3. The number of carbonyl (C=O) groups is 1. The summed E-state index contributed by atoms with van der Waals surface area (Å²) in [7, 11) is 0. The molecule has 1 amide bonds. The Balaban J connectivity index is 2.03. The van der Waals surface area contributed by atoms with E-state index in [0.29, 0.717) is 19.0 Å². The summed E-state index contributed by atoms with van der Waals surface area (Å²) in [5.74, 6) is -2.14. The maximum atomic E-state index is 13.3. The van der Waals surface area contributed by atoms with Crippen LogP contribution in [0.1, 0.15) is 0 Å². The summed E-state index contributed by atoms with van der Waals surface area (Å²) in [6.07, 6.45) is 1.40. The number of aromatic nitrogens is 2. The van der Waals surface area contributed by atoms with Crippen LogP contribution in [0.25, 0.3) is 11.0 Å². The van der Waals surface area contributed by atoms with Crippen LogP contribution in [0.15, 0.2) is 18.3 Å². The molecule has 1 aromatic carbocycles. The van der Waals surface area contributed by atoms with Crippen molar-refractivity contribution in [3.63, 3.8) is 0 Å². The molecular weight excluding hydrogens is 282 g/mol. The molecule has 110 valence electrons. The second kappa shape index (κ2) is 5.21. The lowest BCUT2D eigenvalue weighted by Crippen LogP contribution is -2.53. The van der Waals surface area contributed by atoms with E-state index in [9.17, 15) is 13.6 Å². The first-order valence-corrected chi connectivity index (χ1v) is 6.32. The van der Waals surface area contributed by atoms with Gasteiger partial charge in [-0.15, -0.1) is 0 Å². The summed E-state index contributed by atoms with van der Waals surface area (Å²) in [5.41, 5.74) is 5.78. The van der Waals surface area contributed by atoms with E-state index in [4.69, 9.17) is 10.5 Å². The van der Waals surface area contributed by atoms with Crippen LogP contribution in [0.2, 0.25) is 0 Å². The Kier molecular flexibility index (Phi) is 3.38. The molecule has 3 rings (SSSR count). The maximum absolute atomic E-state index is 13.3. The molecule has 0 radical (unpaired) electrons. The second-order valence-electron chi connectivity index (χ2n) is 4.67. The number of benzene rings is 1. The zero-order chi connectivity index (χ0) is 15.0. The number of morpholine rings is 1. The Morgan fingerprint density at radius 3 is 2.76 bits per heavy atom. The van der Waals surface area contributed by atoms with Crippen molar-refractivity contribution in [1.29, 1.82) is 0 Å². The van der Waals surface area contributed by atoms with Gasteiger partial charge in [0, 0.05) is 18.7 Å². The van der Waals surface area contributed by atoms with Gasteiger partial charge in [0.25, 0.3) is 0 Å². The third-order valence-electron chi connectivity index (χ3n) is 3.32. The Morgan fingerprint density at radius 2 is 2.05 bits per heavy atom. The molecule has 1 aromatic heterocycles. The number of ether oxygens (including phenoxy) is 1. The average Bonchev–Trinajstić information content (AvgIpc) is 2.48. The van der Waals surface area contributed by atoms with E-state index in [1.807, 2.05) is 0 Å². The average molecular weight is 294 g/mol. The number of nitrogens with two attached hydrogens (primary N) is 1. The number of anilines is 1. The third-order valence-corrected chi connectivity index (χ3v) is 3.32. The molecule has 2 N–H and O–H groups in total. The van der Waals surface area contributed by atoms with Crippen LogP contribution in [0.5, 0.6) is 0 Å². The lowest BCUT2D eigenvalue weighted by atomic mass is 10.2. The first kappa shape index (κ1) is 13.6.